The number of pyridine rings is 1. The van der Waals surface area contributed by atoms with Gasteiger partial charge in [0.25, 0.3) is 6.33 Å². The Balaban J connectivity index is 0.00000608. The van der Waals surface area contributed by atoms with E-state index < -0.39 is 60.4 Å². The molecule has 6 aromatic carbocycles. The zero-order valence-corrected chi connectivity index (χ0v) is 34.1. The van der Waals surface area contributed by atoms with Crippen LogP contribution in [0.25, 0.3) is 61.3 Å². The van der Waals surface area contributed by atoms with Gasteiger partial charge in [-0.2, -0.15) is 18.2 Å². The fourth-order valence-corrected chi connectivity index (χ4v) is 6.91. The van der Waals surface area contributed by atoms with Crippen LogP contribution in [0.1, 0.15) is 65.4 Å². The average molecular weight is 932 g/mol. The number of para-hydroxylation sites is 1. The minimum Gasteiger partial charge on any atom is -0.510 e. The van der Waals surface area contributed by atoms with Gasteiger partial charge in [-0.25, -0.2) is 4.98 Å². The van der Waals surface area contributed by atoms with Crippen LogP contribution in [0.5, 0.6) is 11.5 Å². The van der Waals surface area contributed by atoms with Crippen LogP contribution in [-0.4, -0.2) is 14.1 Å². The van der Waals surface area contributed by atoms with E-state index >= 15 is 0 Å². The number of aromatic nitrogens is 4. The van der Waals surface area contributed by atoms with Crippen molar-refractivity contribution in [1.82, 2.24) is 14.1 Å². The molecular formula is C51H42N4OPt-2. The van der Waals surface area contributed by atoms with Crippen LogP contribution >= 0.6 is 0 Å². The van der Waals surface area contributed by atoms with E-state index in [0.29, 0.717) is 23.1 Å². The van der Waals surface area contributed by atoms with Crippen LogP contribution in [0.4, 0.5) is 0 Å². The predicted molar refractivity (Wildman–Crippen MR) is 226 cm³/mol. The summed E-state index contributed by atoms with van der Waals surface area (Å²) < 4.78 is 97.2. The fraction of sp³-hybridized carbons (Fsp3) is 0.137. The normalized spacial score (nSPS) is 14.1. The maximum Gasteiger partial charge on any atom is 0.267 e. The summed E-state index contributed by atoms with van der Waals surface area (Å²) in [7, 11) is 0. The minimum atomic E-state index is -0.567. The van der Waals surface area contributed by atoms with E-state index in [-0.39, 0.29) is 54.4 Å². The van der Waals surface area contributed by atoms with Gasteiger partial charge < -0.3 is 13.9 Å². The van der Waals surface area contributed by atoms with E-state index in [1.54, 1.807) is 53.4 Å². The van der Waals surface area contributed by atoms with Crippen LogP contribution in [0.15, 0.2) is 158 Å². The molecule has 0 aliphatic heterocycles. The van der Waals surface area contributed by atoms with Gasteiger partial charge in [0.2, 0.25) is 0 Å². The Kier molecular flexibility index (Phi) is 7.48. The summed E-state index contributed by atoms with van der Waals surface area (Å²) in [6, 6.07) is 26.3. The summed E-state index contributed by atoms with van der Waals surface area (Å²) in [6.07, 6.45) is 8.34. The van der Waals surface area contributed by atoms with Gasteiger partial charge in [-0.3, -0.25) is 4.57 Å². The van der Waals surface area contributed by atoms with Crippen molar-refractivity contribution in [3.63, 3.8) is 0 Å². The predicted octanol–water partition coefficient (Wildman–Crippen LogP) is 12.2. The molecule has 9 aromatic rings. The number of hydrogen-bond acceptors (Lipinski definition) is 2. The molecule has 0 bridgehead atoms. The monoisotopic (exact) mass is 931 g/mol. The van der Waals surface area contributed by atoms with E-state index in [2.05, 4.69) is 81.9 Å². The molecule has 284 valence electrons. The number of nitrogens with zero attached hydrogens (tertiary/aromatic N) is 4. The van der Waals surface area contributed by atoms with E-state index in [0.717, 1.165) is 33.2 Å². The molecule has 0 spiro atoms. The first-order valence-corrected chi connectivity index (χ1v) is 18.3. The number of imidazole rings is 1. The molecular weight excluding hydrogens is 880 g/mol. The number of hydrogen-bond donors (Lipinski definition) is 0. The second kappa shape index (κ2) is 15.5. The molecule has 0 atom stereocenters. The van der Waals surface area contributed by atoms with Gasteiger partial charge in [-0.05, 0) is 74.0 Å². The van der Waals surface area contributed by atoms with Crippen LogP contribution in [0.3, 0.4) is 0 Å². The van der Waals surface area contributed by atoms with Crippen molar-refractivity contribution in [1.29, 1.82) is 0 Å². The molecule has 3 aromatic heterocycles. The summed E-state index contributed by atoms with van der Waals surface area (Å²) >= 11 is 0. The Bertz CT molecular complexity index is 3300. The summed E-state index contributed by atoms with van der Waals surface area (Å²) in [6.45, 7) is 10.9. The maximum atomic E-state index is 8.84. The van der Waals surface area contributed by atoms with Gasteiger partial charge in [0, 0.05) is 56.7 Å². The Morgan fingerprint density at radius 3 is 2.12 bits per heavy atom. The first-order valence-electron chi connectivity index (χ1n) is 23.3. The number of ether oxygens (including phenoxy) is 1. The second-order valence-electron chi connectivity index (χ2n) is 14.8. The van der Waals surface area contributed by atoms with Gasteiger partial charge in [0.1, 0.15) is 5.82 Å². The third-order valence-electron chi connectivity index (χ3n) is 9.81. The molecule has 0 aliphatic rings. The van der Waals surface area contributed by atoms with Gasteiger partial charge >= 0.3 is 0 Å². The molecule has 0 N–H and O–H groups in total. The quantitative estimate of drug-likeness (QED) is 0.112. The van der Waals surface area contributed by atoms with E-state index in [1.165, 1.54) is 10.1 Å². The molecule has 5 nitrogen and oxygen atoms in total. The Morgan fingerprint density at radius 1 is 0.754 bits per heavy atom. The Morgan fingerprint density at radius 2 is 1.44 bits per heavy atom. The molecule has 57 heavy (non-hydrogen) atoms. The van der Waals surface area contributed by atoms with Gasteiger partial charge in [-0.1, -0.05) is 131 Å². The van der Waals surface area contributed by atoms with Crippen molar-refractivity contribution >= 4 is 21.8 Å². The van der Waals surface area contributed by atoms with Crippen molar-refractivity contribution in [3.05, 3.63) is 187 Å². The zero-order chi connectivity index (χ0) is 47.1. The molecule has 0 radical (unpaired) electrons. The van der Waals surface area contributed by atoms with Gasteiger partial charge in [0.15, 0.2) is 0 Å². The third kappa shape index (κ3) is 7.36. The molecule has 9 rings (SSSR count). The van der Waals surface area contributed by atoms with E-state index in [4.69, 9.17) is 23.4 Å². The SMILES string of the molecule is [2H]c1c([2H])c([2H])c(-c2cccc(-c3c([2H])c([2H])c([2H])c([2H])c3[2H])c2-[n+]2[c-]n(-c3[c-]c(Oc4[c-]c5c(cc4)c4cc(C(C)(C)C)ccc4n5-c4cc(C(C)C)ccn4)ccc3)cc2)c([2H])c1[2H].[Pt]. The minimum absolute atomic E-state index is 0. The summed E-state index contributed by atoms with van der Waals surface area (Å²) in [5.74, 6) is 1.88. The number of fused-ring (bicyclic) bond motifs is 3. The largest absolute Gasteiger partial charge is 0.510 e. The van der Waals surface area contributed by atoms with Crippen molar-refractivity contribution in [2.45, 2.75) is 46.0 Å². The second-order valence-corrected chi connectivity index (χ2v) is 14.8. The molecule has 6 heteroatoms. The smallest absolute Gasteiger partial charge is 0.267 e. The molecule has 0 saturated heterocycles. The average Bonchev–Trinajstić information content (AvgIpc) is 3.92. The first kappa shape index (κ1) is 27.5. The summed E-state index contributed by atoms with van der Waals surface area (Å²) in [5.41, 5.74) is 4.79. The molecule has 3 heterocycles. The van der Waals surface area contributed by atoms with Crippen LogP contribution < -0.4 is 9.30 Å². The van der Waals surface area contributed by atoms with Crippen molar-refractivity contribution in [2.24, 2.45) is 0 Å². The van der Waals surface area contributed by atoms with Crippen molar-refractivity contribution in [2.75, 3.05) is 0 Å². The zero-order valence-electron chi connectivity index (χ0n) is 41.8. The molecule has 0 amide bonds. The summed E-state index contributed by atoms with van der Waals surface area (Å²) in [5, 5.41) is 2.07. The van der Waals surface area contributed by atoms with Gasteiger partial charge in [-0.15, -0.1) is 29.7 Å². The summed E-state index contributed by atoms with van der Waals surface area (Å²) in [4.78, 5) is 4.80. The maximum absolute atomic E-state index is 8.84. The number of rotatable bonds is 8. The van der Waals surface area contributed by atoms with Crippen molar-refractivity contribution < 1.29 is 44.1 Å². The Labute approximate surface area is 363 Å². The van der Waals surface area contributed by atoms with Crippen LogP contribution in [-0.2, 0) is 26.5 Å². The molecule has 0 saturated carbocycles. The fourth-order valence-electron chi connectivity index (χ4n) is 6.91. The third-order valence-corrected chi connectivity index (χ3v) is 9.81. The first-order chi connectivity index (χ1) is 31.3. The van der Waals surface area contributed by atoms with Crippen molar-refractivity contribution in [3.8, 4) is 50.9 Å². The molecule has 0 fully saturated rings. The van der Waals surface area contributed by atoms with E-state index in [9.17, 15) is 0 Å². The van der Waals surface area contributed by atoms with Crippen LogP contribution in [0, 0.1) is 18.5 Å². The van der Waals surface area contributed by atoms with E-state index in [1.807, 2.05) is 24.4 Å². The topological polar surface area (TPSA) is 35.9 Å². The van der Waals surface area contributed by atoms with Gasteiger partial charge in [0.05, 0.1) is 19.4 Å². The molecule has 0 aliphatic carbocycles. The molecule has 0 unspecified atom stereocenters. The number of benzene rings is 6. The Hall–Kier alpha value is -6.03. The van der Waals surface area contributed by atoms with Crippen LogP contribution in [0.2, 0.25) is 0 Å². The standard InChI is InChI=1S/C51H42N4O.Pt/c1-35(2)38-26-27-52-49(30-38)55-47-25-22-39(51(3,4)5)31-46(47)45-24-23-42(33-48(45)55)56-41-19-12-18-40(32-41)53-28-29-54(34-53)50-43(36-14-8-6-9-15-36)20-13-21-44(50)37-16-10-7-11-17-37;/h6-31,35H,1-5H3;/q-2;/i6D,7D,8D,9D,10D,11D,14D,15D,16D,17D;.